The molecule has 118 valence electrons. The second-order valence-corrected chi connectivity index (χ2v) is 6.12. The van der Waals surface area contributed by atoms with Crippen molar-refractivity contribution in [2.45, 2.75) is 26.3 Å². The number of nitrogens with one attached hydrogen (secondary N) is 3. The maximum Gasteiger partial charge on any atom is 0.315 e. The Kier molecular flexibility index (Phi) is 6.21. The van der Waals surface area contributed by atoms with Crippen LogP contribution < -0.4 is 16.0 Å². The second-order valence-electron chi connectivity index (χ2n) is 5.14. The average Bonchev–Trinajstić information content (AvgIpc) is 3.03. The number of carbonyl (C=O) groups is 1. The van der Waals surface area contributed by atoms with Gasteiger partial charge in [-0.15, -0.1) is 11.3 Å². The van der Waals surface area contributed by atoms with Crippen molar-refractivity contribution in [2.75, 3.05) is 18.4 Å². The third kappa shape index (κ3) is 5.37. The number of rotatable bonds is 7. The van der Waals surface area contributed by atoms with Crippen molar-refractivity contribution >= 4 is 23.2 Å². The van der Waals surface area contributed by atoms with E-state index in [1.807, 2.05) is 49.7 Å². The lowest BCUT2D eigenvalue weighted by atomic mass is 10.3. The third-order valence-electron chi connectivity index (χ3n) is 3.17. The van der Waals surface area contributed by atoms with Crippen LogP contribution in [0.4, 0.5) is 10.6 Å². The van der Waals surface area contributed by atoms with Crippen LogP contribution in [0.1, 0.15) is 29.8 Å². The van der Waals surface area contributed by atoms with E-state index < -0.39 is 0 Å². The van der Waals surface area contributed by atoms with Crippen LogP contribution in [0, 0.1) is 6.92 Å². The van der Waals surface area contributed by atoms with E-state index in [9.17, 15) is 4.79 Å². The van der Waals surface area contributed by atoms with Crippen molar-refractivity contribution in [3.63, 3.8) is 0 Å². The Labute approximate surface area is 135 Å². The van der Waals surface area contributed by atoms with Crippen LogP contribution in [0.5, 0.6) is 0 Å². The number of anilines is 1. The molecule has 3 N–H and O–H groups in total. The summed E-state index contributed by atoms with van der Waals surface area (Å²) in [4.78, 5) is 17.2. The number of pyridine rings is 1. The van der Waals surface area contributed by atoms with Crippen LogP contribution in [0.2, 0.25) is 0 Å². The molecule has 0 fully saturated rings. The van der Waals surface area contributed by atoms with Gasteiger partial charge in [-0.05, 0) is 43.3 Å². The Morgan fingerprint density at radius 1 is 1.32 bits per heavy atom. The molecule has 22 heavy (non-hydrogen) atoms. The maximum absolute atomic E-state index is 11.8. The van der Waals surface area contributed by atoms with Crippen LogP contribution in [-0.2, 0) is 0 Å². The molecule has 0 aliphatic carbocycles. The highest BCUT2D eigenvalue weighted by atomic mass is 32.1. The maximum atomic E-state index is 11.8. The summed E-state index contributed by atoms with van der Waals surface area (Å²) in [5.41, 5.74) is 1.14. The summed E-state index contributed by atoms with van der Waals surface area (Å²) in [5, 5.41) is 11.0. The van der Waals surface area contributed by atoms with E-state index in [1.54, 1.807) is 11.3 Å². The molecule has 0 bridgehead atoms. The Balaban J connectivity index is 1.58. The topological polar surface area (TPSA) is 66.0 Å². The fourth-order valence-electron chi connectivity index (χ4n) is 1.94. The minimum Gasteiger partial charge on any atom is -0.370 e. The summed E-state index contributed by atoms with van der Waals surface area (Å²) in [6, 6.07) is 7.89. The summed E-state index contributed by atoms with van der Waals surface area (Å²) in [7, 11) is 0. The van der Waals surface area contributed by atoms with E-state index in [0.29, 0.717) is 6.54 Å². The smallest absolute Gasteiger partial charge is 0.315 e. The number of nitrogens with zero attached hydrogens (tertiary/aromatic N) is 1. The number of carbonyl (C=O) groups excluding carboxylic acids is 1. The first kappa shape index (κ1) is 16.3. The largest absolute Gasteiger partial charge is 0.370 e. The highest BCUT2D eigenvalue weighted by Crippen LogP contribution is 2.17. The van der Waals surface area contributed by atoms with Gasteiger partial charge in [0.25, 0.3) is 0 Å². The van der Waals surface area contributed by atoms with Crippen molar-refractivity contribution in [2.24, 2.45) is 0 Å². The molecule has 2 aromatic heterocycles. The lowest BCUT2D eigenvalue weighted by Gasteiger charge is -2.13. The third-order valence-corrected chi connectivity index (χ3v) is 4.23. The van der Waals surface area contributed by atoms with Gasteiger partial charge in [0.15, 0.2) is 0 Å². The van der Waals surface area contributed by atoms with Gasteiger partial charge in [-0.1, -0.05) is 12.1 Å². The molecule has 2 rings (SSSR count). The lowest BCUT2D eigenvalue weighted by Crippen LogP contribution is -2.37. The quantitative estimate of drug-likeness (QED) is 0.686. The molecule has 6 heteroatoms. The van der Waals surface area contributed by atoms with E-state index in [2.05, 4.69) is 20.9 Å². The molecule has 0 aliphatic rings. The normalized spacial score (nSPS) is 11.7. The van der Waals surface area contributed by atoms with Crippen molar-refractivity contribution < 1.29 is 4.79 Å². The fraction of sp³-hybridized carbons (Fsp3) is 0.375. The summed E-state index contributed by atoms with van der Waals surface area (Å²) in [6.45, 7) is 5.39. The van der Waals surface area contributed by atoms with Gasteiger partial charge in [-0.25, -0.2) is 9.78 Å². The number of amides is 2. The molecule has 2 amide bonds. The molecule has 0 saturated carbocycles. The lowest BCUT2D eigenvalue weighted by molar-refractivity contribution is 0.238. The summed E-state index contributed by atoms with van der Waals surface area (Å²) in [5.74, 6) is 0.862. The Morgan fingerprint density at radius 3 is 2.86 bits per heavy atom. The SMILES string of the molecule is Cc1ccc(NCCCNC(=O)NC(C)c2cccs2)nc1. The van der Waals surface area contributed by atoms with Gasteiger partial charge < -0.3 is 16.0 Å². The molecular weight excluding hydrogens is 296 g/mol. The van der Waals surface area contributed by atoms with Gasteiger partial charge in [0, 0.05) is 24.2 Å². The van der Waals surface area contributed by atoms with Crippen LogP contribution in [0.15, 0.2) is 35.8 Å². The van der Waals surface area contributed by atoms with Crippen LogP contribution in [0.3, 0.4) is 0 Å². The number of aromatic nitrogens is 1. The van der Waals surface area contributed by atoms with Gasteiger partial charge >= 0.3 is 6.03 Å². The predicted molar refractivity (Wildman–Crippen MR) is 91.3 cm³/mol. The molecular formula is C16H22N4OS. The molecule has 2 aromatic rings. The van der Waals surface area contributed by atoms with E-state index in [0.717, 1.165) is 29.2 Å². The molecule has 1 unspecified atom stereocenters. The number of thiophene rings is 1. The van der Waals surface area contributed by atoms with Crippen molar-refractivity contribution in [3.05, 3.63) is 46.3 Å². The molecule has 0 saturated heterocycles. The van der Waals surface area contributed by atoms with Crippen LogP contribution in [0.25, 0.3) is 0 Å². The molecule has 1 atom stereocenters. The first-order valence-electron chi connectivity index (χ1n) is 7.39. The highest BCUT2D eigenvalue weighted by molar-refractivity contribution is 7.10. The molecule has 2 heterocycles. The summed E-state index contributed by atoms with van der Waals surface area (Å²) in [6.07, 6.45) is 2.68. The summed E-state index contributed by atoms with van der Waals surface area (Å²) >= 11 is 1.64. The Hall–Kier alpha value is -2.08. The zero-order valence-corrected chi connectivity index (χ0v) is 13.7. The second kappa shape index (κ2) is 8.38. The van der Waals surface area contributed by atoms with Gasteiger partial charge in [-0.2, -0.15) is 0 Å². The zero-order chi connectivity index (χ0) is 15.8. The van der Waals surface area contributed by atoms with Crippen LogP contribution >= 0.6 is 11.3 Å². The predicted octanol–water partition coefficient (Wildman–Crippen LogP) is 3.31. The monoisotopic (exact) mass is 318 g/mol. The van der Waals surface area contributed by atoms with Gasteiger partial charge in [0.1, 0.15) is 5.82 Å². The van der Waals surface area contributed by atoms with Crippen LogP contribution in [-0.4, -0.2) is 24.1 Å². The molecule has 0 aromatic carbocycles. The number of urea groups is 1. The molecule has 0 aliphatic heterocycles. The highest BCUT2D eigenvalue weighted by Gasteiger charge is 2.09. The average molecular weight is 318 g/mol. The zero-order valence-electron chi connectivity index (χ0n) is 12.9. The van der Waals surface area contributed by atoms with Crippen molar-refractivity contribution in [3.8, 4) is 0 Å². The van der Waals surface area contributed by atoms with Gasteiger partial charge in [-0.3, -0.25) is 0 Å². The minimum atomic E-state index is -0.130. The summed E-state index contributed by atoms with van der Waals surface area (Å²) < 4.78 is 0. The standard InChI is InChI=1S/C16H22N4OS/c1-12-6-7-15(19-11-12)17-8-4-9-18-16(21)20-13(2)14-5-3-10-22-14/h3,5-7,10-11,13H,4,8-9H2,1-2H3,(H,17,19)(H2,18,20,21). The van der Waals surface area contributed by atoms with E-state index >= 15 is 0 Å². The number of hydrogen-bond acceptors (Lipinski definition) is 4. The Bertz CT molecular complexity index is 568. The number of aryl methyl sites for hydroxylation is 1. The van der Waals surface area contributed by atoms with Crippen molar-refractivity contribution in [1.82, 2.24) is 15.6 Å². The molecule has 0 radical (unpaired) electrons. The molecule has 0 spiro atoms. The molecule has 5 nitrogen and oxygen atoms in total. The van der Waals surface area contributed by atoms with Gasteiger partial charge in [0.2, 0.25) is 0 Å². The minimum absolute atomic E-state index is 0.0369. The first-order chi connectivity index (χ1) is 10.6. The fourth-order valence-corrected chi connectivity index (χ4v) is 2.67. The van der Waals surface area contributed by atoms with E-state index in [-0.39, 0.29) is 12.1 Å². The van der Waals surface area contributed by atoms with E-state index in [1.165, 1.54) is 0 Å². The first-order valence-corrected chi connectivity index (χ1v) is 8.27. The van der Waals surface area contributed by atoms with E-state index in [4.69, 9.17) is 0 Å². The van der Waals surface area contributed by atoms with Crippen molar-refractivity contribution in [1.29, 1.82) is 0 Å². The van der Waals surface area contributed by atoms with Gasteiger partial charge in [0.05, 0.1) is 6.04 Å². The number of hydrogen-bond donors (Lipinski definition) is 3. The Morgan fingerprint density at radius 2 is 2.18 bits per heavy atom.